The van der Waals surface area contributed by atoms with Crippen molar-refractivity contribution in [2.45, 2.75) is 36.8 Å². The highest BCUT2D eigenvalue weighted by atomic mass is 32.2. The first-order valence-corrected chi connectivity index (χ1v) is 12.9. The molecule has 0 amide bonds. The van der Waals surface area contributed by atoms with Crippen LogP contribution in [-0.2, 0) is 16.0 Å². The first-order chi connectivity index (χ1) is 15.8. The molecular weight excluding hydrogens is 476 g/mol. The first-order valence-electron chi connectivity index (χ1n) is 10.5. The highest BCUT2D eigenvalue weighted by Gasteiger charge is 2.24. The fourth-order valence-electron chi connectivity index (χ4n) is 2.95. The fourth-order valence-corrected chi connectivity index (χ4v) is 4.98. The van der Waals surface area contributed by atoms with Gasteiger partial charge < -0.3 is 15.2 Å². The molecule has 1 fully saturated rings. The highest BCUT2D eigenvalue weighted by molar-refractivity contribution is 7.98. The Balaban J connectivity index is 1.81. The Morgan fingerprint density at radius 1 is 1.30 bits per heavy atom. The molecule has 3 rings (SSSR count). The second kappa shape index (κ2) is 11.9. The maximum absolute atomic E-state index is 14.0. The molecule has 0 bridgehead atoms. The number of benzene rings is 1. The fraction of sp³-hybridized carbons (Fsp3) is 0.500. The lowest BCUT2D eigenvalue weighted by molar-refractivity contribution is 0.101. The number of halogens is 2. The molecular formula is C20H27F2N5O4S2. The zero-order valence-corrected chi connectivity index (χ0v) is 19.8. The molecule has 1 aromatic heterocycles. The van der Waals surface area contributed by atoms with E-state index in [1.165, 1.54) is 22.5 Å². The van der Waals surface area contributed by atoms with Crippen molar-refractivity contribution >= 4 is 27.8 Å². The number of hydrogen-bond donors (Lipinski definition) is 3. The van der Waals surface area contributed by atoms with Crippen LogP contribution in [0.15, 0.2) is 29.4 Å². The summed E-state index contributed by atoms with van der Waals surface area (Å²) in [6, 6.07) is 5.19. The van der Waals surface area contributed by atoms with Gasteiger partial charge in [-0.25, -0.2) is 13.8 Å². The smallest absolute Gasteiger partial charge is 0.302 e. The van der Waals surface area contributed by atoms with Gasteiger partial charge in [-0.2, -0.15) is 17.7 Å². The molecule has 2 heterocycles. The van der Waals surface area contributed by atoms with Crippen LogP contribution in [0.25, 0.3) is 0 Å². The van der Waals surface area contributed by atoms with Crippen molar-refractivity contribution in [1.29, 1.82) is 0 Å². The van der Waals surface area contributed by atoms with E-state index in [9.17, 15) is 22.3 Å². The Kier molecular flexibility index (Phi) is 9.20. The van der Waals surface area contributed by atoms with Gasteiger partial charge in [0.2, 0.25) is 5.88 Å². The van der Waals surface area contributed by atoms with Gasteiger partial charge in [0.15, 0.2) is 16.8 Å². The highest BCUT2D eigenvalue weighted by Crippen LogP contribution is 2.26. The second-order valence-corrected chi connectivity index (χ2v) is 9.97. The van der Waals surface area contributed by atoms with Crippen LogP contribution in [0.1, 0.15) is 25.3 Å². The van der Waals surface area contributed by atoms with Crippen LogP contribution in [0, 0.1) is 11.6 Å². The van der Waals surface area contributed by atoms with Crippen LogP contribution < -0.4 is 14.8 Å². The molecule has 1 aliphatic rings. The molecule has 0 aliphatic carbocycles. The lowest BCUT2D eigenvalue weighted by Crippen LogP contribution is -2.38. The number of aromatic nitrogens is 2. The Hall–Kier alpha value is -2.06. The molecule has 1 aromatic carbocycles. The zero-order valence-electron chi connectivity index (χ0n) is 18.1. The average Bonchev–Trinajstić information content (AvgIpc) is 3.08. The van der Waals surface area contributed by atoms with Crippen LogP contribution in [0.4, 0.5) is 14.6 Å². The van der Waals surface area contributed by atoms with Crippen molar-refractivity contribution in [3.05, 3.63) is 41.5 Å². The van der Waals surface area contributed by atoms with Gasteiger partial charge >= 0.3 is 10.2 Å². The molecule has 1 atom stereocenters. The van der Waals surface area contributed by atoms with Gasteiger partial charge in [-0.15, -0.1) is 0 Å². The van der Waals surface area contributed by atoms with Crippen molar-refractivity contribution in [2.75, 3.05) is 37.5 Å². The maximum Gasteiger partial charge on any atom is 0.302 e. The number of aliphatic hydroxyl groups is 1. The number of thioether (sulfide) groups is 1. The number of nitrogens with zero attached hydrogens (tertiary/aromatic N) is 3. The van der Waals surface area contributed by atoms with Crippen molar-refractivity contribution in [2.24, 2.45) is 0 Å². The van der Waals surface area contributed by atoms with Gasteiger partial charge in [0.05, 0.1) is 6.10 Å². The lowest BCUT2D eigenvalue weighted by atomic mass is 10.2. The minimum atomic E-state index is -3.88. The first kappa shape index (κ1) is 25.6. The molecule has 9 nitrogen and oxygen atoms in total. The topological polar surface area (TPSA) is 117 Å². The summed E-state index contributed by atoms with van der Waals surface area (Å²) in [6.07, 6.45) is 0.421. The zero-order chi connectivity index (χ0) is 23.8. The Morgan fingerprint density at radius 2 is 2.12 bits per heavy atom. The summed E-state index contributed by atoms with van der Waals surface area (Å²) in [4.78, 5) is 8.42. The SMILES string of the molecule is CC[C@H](O)COc1cc(NS(=O)(=O)N2CCCNCC2)nc(SCc2cccc(F)c2F)n1. The normalized spacial score (nSPS) is 16.2. The summed E-state index contributed by atoms with van der Waals surface area (Å²) in [5, 5.41) is 13.0. The summed E-state index contributed by atoms with van der Waals surface area (Å²) in [5.74, 6) is -1.87. The van der Waals surface area contributed by atoms with E-state index in [-0.39, 0.29) is 34.8 Å². The van der Waals surface area contributed by atoms with Gasteiger partial charge in [0.25, 0.3) is 0 Å². The molecule has 13 heteroatoms. The predicted octanol–water partition coefficient (Wildman–Crippen LogP) is 2.15. The molecule has 182 valence electrons. The van der Waals surface area contributed by atoms with E-state index >= 15 is 0 Å². The van der Waals surface area contributed by atoms with E-state index in [0.29, 0.717) is 32.5 Å². The molecule has 0 spiro atoms. The van der Waals surface area contributed by atoms with Crippen molar-refractivity contribution in [3.63, 3.8) is 0 Å². The van der Waals surface area contributed by atoms with E-state index in [1.54, 1.807) is 6.92 Å². The molecule has 1 saturated heterocycles. The van der Waals surface area contributed by atoms with Gasteiger partial charge in [-0.05, 0) is 25.5 Å². The molecule has 0 saturated carbocycles. The monoisotopic (exact) mass is 503 g/mol. The van der Waals surface area contributed by atoms with Crippen LogP contribution in [0.5, 0.6) is 5.88 Å². The number of ether oxygens (including phenoxy) is 1. The molecule has 33 heavy (non-hydrogen) atoms. The molecule has 3 N–H and O–H groups in total. The molecule has 1 aliphatic heterocycles. The third-order valence-corrected chi connectivity index (χ3v) is 7.25. The second-order valence-electron chi connectivity index (χ2n) is 7.36. The molecule has 0 radical (unpaired) electrons. The maximum atomic E-state index is 14.0. The quantitative estimate of drug-likeness (QED) is 0.334. The largest absolute Gasteiger partial charge is 0.475 e. The number of hydrogen-bond acceptors (Lipinski definition) is 8. The van der Waals surface area contributed by atoms with Crippen LogP contribution in [0.3, 0.4) is 0 Å². The summed E-state index contributed by atoms with van der Waals surface area (Å²) < 4.78 is 62.5. The van der Waals surface area contributed by atoms with E-state index in [0.717, 1.165) is 24.4 Å². The number of nitrogens with one attached hydrogen (secondary N) is 2. The standard InChI is InChI=1S/C20H27F2N5O4S2/c1-2-15(28)12-31-18-11-17(26-33(29,30)27-9-4-7-23-8-10-27)24-20(25-18)32-13-14-5-3-6-16(21)19(14)22/h3,5-6,11,15,23,28H,2,4,7-10,12-13H2,1H3,(H,24,25,26)/t15-/m0/s1. The van der Waals surface area contributed by atoms with Gasteiger partial charge in [0, 0.05) is 37.0 Å². The van der Waals surface area contributed by atoms with E-state index in [2.05, 4.69) is 20.0 Å². The van der Waals surface area contributed by atoms with Gasteiger partial charge in [-0.1, -0.05) is 30.8 Å². The van der Waals surface area contributed by atoms with Crippen LogP contribution >= 0.6 is 11.8 Å². The van der Waals surface area contributed by atoms with E-state index in [4.69, 9.17) is 4.74 Å². The Morgan fingerprint density at radius 3 is 2.91 bits per heavy atom. The van der Waals surface area contributed by atoms with Crippen molar-refractivity contribution in [1.82, 2.24) is 19.6 Å². The van der Waals surface area contributed by atoms with Crippen molar-refractivity contribution < 1.29 is 27.0 Å². The minimum Gasteiger partial charge on any atom is -0.475 e. The number of anilines is 1. The van der Waals surface area contributed by atoms with E-state index in [1.807, 2.05) is 0 Å². The third-order valence-electron chi connectivity index (χ3n) is 4.84. The van der Waals surface area contributed by atoms with Crippen molar-refractivity contribution in [3.8, 4) is 5.88 Å². The summed E-state index contributed by atoms with van der Waals surface area (Å²) >= 11 is 1.000. The lowest BCUT2D eigenvalue weighted by Gasteiger charge is -2.20. The van der Waals surface area contributed by atoms with E-state index < -0.39 is 27.9 Å². The summed E-state index contributed by atoms with van der Waals surface area (Å²) in [7, 11) is -3.88. The average molecular weight is 504 g/mol. The summed E-state index contributed by atoms with van der Waals surface area (Å²) in [5.41, 5.74) is 0.121. The number of rotatable bonds is 10. The Bertz CT molecular complexity index is 1040. The third kappa shape index (κ3) is 7.47. The van der Waals surface area contributed by atoms with Gasteiger partial charge in [0.1, 0.15) is 12.4 Å². The molecule has 0 unspecified atom stereocenters. The minimum absolute atomic E-state index is 0.0224. The van der Waals surface area contributed by atoms with Crippen LogP contribution in [-0.4, -0.2) is 66.7 Å². The Labute approximate surface area is 196 Å². The summed E-state index contributed by atoms with van der Waals surface area (Å²) in [6.45, 7) is 3.69. The molecule has 2 aromatic rings. The number of aliphatic hydroxyl groups excluding tert-OH is 1. The van der Waals surface area contributed by atoms with Gasteiger partial charge in [-0.3, -0.25) is 4.72 Å². The van der Waals surface area contributed by atoms with Crippen LogP contribution in [0.2, 0.25) is 0 Å². The predicted molar refractivity (Wildman–Crippen MR) is 121 cm³/mol.